The van der Waals surface area contributed by atoms with Crippen molar-refractivity contribution in [3.8, 4) is 11.3 Å². The van der Waals surface area contributed by atoms with Gasteiger partial charge < -0.3 is 20.5 Å². The average molecular weight is 509 g/mol. The summed E-state index contributed by atoms with van der Waals surface area (Å²) in [5, 5.41) is 14.8. The Balaban J connectivity index is 1.47. The van der Waals surface area contributed by atoms with E-state index in [1.807, 2.05) is 19.9 Å². The molecule has 1 aliphatic rings. The van der Waals surface area contributed by atoms with Crippen LogP contribution in [-0.4, -0.2) is 56.5 Å². The lowest BCUT2D eigenvalue weighted by Gasteiger charge is -2.40. The van der Waals surface area contributed by atoms with E-state index in [4.69, 9.17) is 10.5 Å². The molecule has 0 aliphatic carbocycles. The molecule has 0 radical (unpaired) electrons. The predicted octanol–water partition coefficient (Wildman–Crippen LogP) is 3.34. The molecule has 0 spiro atoms. The van der Waals surface area contributed by atoms with Crippen molar-refractivity contribution in [3.05, 3.63) is 77.5 Å². The fourth-order valence-electron chi connectivity index (χ4n) is 4.91. The maximum Gasteiger partial charge on any atom is 0.135 e. The van der Waals surface area contributed by atoms with Gasteiger partial charge in [-0.25, -0.2) is 18.3 Å². The van der Waals surface area contributed by atoms with Crippen molar-refractivity contribution in [2.24, 2.45) is 11.7 Å². The highest BCUT2D eigenvalue weighted by molar-refractivity contribution is 5.63. The lowest BCUT2D eigenvalue weighted by atomic mass is 9.92. The van der Waals surface area contributed by atoms with Crippen LogP contribution >= 0.6 is 0 Å². The summed E-state index contributed by atoms with van der Waals surface area (Å²) in [5.41, 5.74) is 9.15. The third-order valence-electron chi connectivity index (χ3n) is 6.81. The SMILES string of the molecule is CCOCc1cc(F)c(-c2ccc3cnc(Cc4cnccc4N4C[C@@H](N)[C@H](O)[C@@H](C)C4)n3n2)c(F)c1. The summed E-state index contributed by atoms with van der Waals surface area (Å²) >= 11 is 0. The van der Waals surface area contributed by atoms with Crippen molar-refractivity contribution in [1.82, 2.24) is 19.6 Å². The Morgan fingerprint density at radius 2 is 1.92 bits per heavy atom. The number of imidazole rings is 1. The molecule has 1 aromatic carbocycles. The Kier molecular flexibility index (Phi) is 7.14. The number of piperidine rings is 1. The molecule has 4 aromatic rings. The van der Waals surface area contributed by atoms with Gasteiger partial charge in [0.05, 0.1) is 35.7 Å². The van der Waals surface area contributed by atoms with Gasteiger partial charge in [0.2, 0.25) is 0 Å². The third kappa shape index (κ3) is 5.04. The molecule has 37 heavy (non-hydrogen) atoms. The van der Waals surface area contributed by atoms with Crippen LogP contribution in [0.2, 0.25) is 0 Å². The predicted molar refractivity (Wildman–Crippen MR) is 136 cm³/mol. The molecule has 1 aliphatic heterocycles. The number of aliphatic hydroxyl groups is 1. The Morgan fingerprint density at radius 3 is 2.65 bits per heavy atom. The van der Waals surface area contributed by atoms with Crippen LogP contribution in [0.4, 0.5) is 14.5 Å². The molecule has 10 heteroatoms. The van der Waals surface area contributed by atoms with E-state index in [0.717, 1.165) is 11.3 Å². The Labute approximate surface area is 213 Å². The van der Waals surface area contributed by atoms with Gasteiger partial charge in [-0.05, 0) is 42.8 Å². The number of halogens is 2. The second-order valence-corrected chi connectivity index (χ2v) is 9.52. The molecule has 0 bridgehead atoms. The molecule has 3 N–H and O–H groups in total. The second-order valence-electron chi connectivity index (χ2n) is 9.52. The molecule has 3 atom stereocenters. The normalized spacial score (nSPS) is 20.1. The first-order valence-electron chi connectivity index (χ1n) is 12.4. The van der Waals surface area contributed by atoms with Crippen LogP contribution in [0, 0.1) is 17.6 Å². The number of ether oxygens (including phenoxy) is 1. The Morgan fingerprint density at radius 1 is 1.14 bits per heavy atom. The number of pyridine rings is 1. The number of benzene rings is 1. The van der Waals surface area contributed by atoms with Crippen LogP contribution < -0.4 is 10.6 Å². The molecular formula is C27H30F2N6O2. The minimum absolute atomic E-state index is 0.0194. The summed E-state index contributed by atoms with van der Waals surface area (Å²) in [6, 6.07) is 7.45. The smallest absolute Gasteiger partial charge is 0.135 e. The fraction of sp³-hybridized carbons (Fsp3) is 0.370. The first-order chi connectivity index (χ1) is 17.9. The maximum absolute atomic E-state index is 14.9. The first-order valence-corrected chi connectivity index (χ1v) is 12.4. The first kappa shape index (κ1) is 25.2. The van der Waals surface area contributed by atoms with Gasteiger partial charge in [0.15, 0.2) is 0 Å². The van der Waals surface area contributed by atoms with Gasteiger partial charge in [0.25, 0.3) is 0 Å². The highest BCUT2D eigenvalue weighted by Gasteiger charge is 2.31. The molecule has 0 unspecified atom stereocenters. The van der Waals surface area contributed by atoms with Crippen LogP contribution in [-0.2, 0) is 17.8 Å². The van der Waals surface area contributed by atoms with Crippen molar-refractivity contribution in [2.75, 3.05) is 24.6 Å². The lowest BCUT2D eigenvalue weighted by molar-refractivity contribution is 0.0784. The van der Waals surface area contributed by atoms with E-state index < -0.39 is 17.7 Å². The Hall–Kier alpha value is -3.47. The molecule has 1 fully saturated rings. The highest BCUT2D eigenvalue weighted by atomic mass is 19.1. The van der Waals surface area contributed by atoms with Crippen molar-refractivity contribution in [2.45, 2.75) is 39.0 Å². The van der Waals surface area contributed by atoms with Gasteiger partial charge in [-0.3, -0.25) is 4.98 Å². The van der Waals surface area contributed by atoms with Gasteiger partial charge in [-0.1, -0.05) is 6.92 Å². The minimum Gasteiger partial charge on any atom is -0.391 e. The van der Waals surface area contributed by atoms with Crippen LogP contribution in [0.15, 0.2) is 48.9 Å². The second kappa shape index (κ2) is 10.5. The van der Waals surface area contributed by atoms with E-state index in [-0.39, 0.29) is 29.8 Å². The molecule has 4 heterocycles. The molecule has 0 saturated carbocycles. The number of nitrogens with two attached hydrogens (primary N) is 1. The number of rotatable bonds is 7. The van der Waals surface area contributed by atoms with E-state index >= 15 is 0 Å². The van der Waals surface area contributed by atoms with Crippen molar-refractivity contribution in [3.63, 3.8) is 0 Å². The monoisotopic (exact) mass is 508 g/mol. The van der Waals surface area contributed by atoms with Crippen LogP contribution in [0.25, 0.3) is 16.8 Å². The van der Waals surface area contributed by atoms with E-state index in [9.17, 15) is 13.9 Å². The molecular weight excluding hydrogens is 478 g/mol. The van der Waals surface area contributed by atoms with Crippen LogP contribution in [0.3, 0.4) is 0 Å². The quantitative estimate of drug-likeness (QED) is 0.395. The number of hydrogen-bond donors (Lipinski definition) is 2. The van der Waals surface area contributed by atoms with Gasteiger partial charge in [-0.2, -0.15) is 5.10 Å². The van der Waals surface area contributed by atoms with E-state index in [0.29, 0.717) is 43.0 Å². The number of fused-ring (bicyclic) bond motifs is 1. The van der Waals surface area contributed by atoms with Gasteiger partial charge in [-0.15, -0.1) is 0 Å². The van der Waals surface area contributed by atoms with Crippen LogP contribution in [0.5, 0.6) is 0 Å². The zero-order valence-electron chi connectivity index (χ0n) is 20.8. The van der Waals surface area contributed by atoms with E-state index in [1.54, 1.807) is 35.2 Å². The number of anilines is 1. The third-order valence-corrected chi connectivity index (χ3v) is 6.81. The topological polar surface area (TPSA) is 102 Å². The summed E-state index contributed by atoms with van der Waals surface area (Å²) in [6.45, 7) is 5.57. The van der Waals surface area contributed by atoms with Crippen molar-refractivity contribution >= 4 is 11.2 Å². The molecule has 8 nitrogen and oxygen atoms in total. The lowest BCUT2D eigenvalue weighted by Crippen LogP contribution is -2.55. The number of aliphatic hydroxyl groups excluding tert-OH is 1. The van der Waals surface area contributed by atoms with Gasteiger partial charge in [0.1, 0.15) is 17.5 Å². The fourth-order valence-corrected chi connectivity index (χ4v) is 4.91. The standard InChI is InChI=1S/C27H30F2N6O2/c1-3-37-15-17-8-20(28)26(21(29)9-17)23-5-4-19-12-32-25(35(19)33-23)10-18-11-31-7-6-24(18)34-13-16(2)27(36)22(30)14-34/h4-9,11-12,16,22,27,36H,3,10,13-15,30H2,1-2H3/t16-,22+,27+/m0/s1. The summed E-state index contributed by atoms with van der Waals surface area (Å²) in [6.07, 6.45) is 5.03. The molecule has 194 valence electrons. The van der Waals surface area contributed by atoms with E-state index in [1.165, 1.54) is 12.1 Å². The van der Waals surface area contributed by atoms with Gasteiger partial charge in [0, 0.05) is 61.7 Å². The number of hydrogen-bond acceptors (Lipinski definition) is 7. The zero-order valence-corrected chi connectivity index (χ0v) is 20.8. The van der Waals surface area contributed by atoms with Crippen molar-refractivity contribution < 1.29 is 18.6 Å². The largest absolute Gasteiger partial charge is 0.391 e. The summed E-state index contributed by atoms with van der Waals surface area (Å²) < 4.78 is 36.8. The zero-order chi connectivity index (χ0) is 26.1. The molecule has 1 saturated heterocycles. The van der Waals surface area contributed by atoms with Crippen LogP contribution in [0.1, 0.15) is 30.8 Å². The number of aromatic nitrogens is 4. The number of nitrogens with zero attached hydrogens (tertiary/aromatic N) is 5. The molecule has 3 aromatic heterocycles. The summed E-state index contributed by atoms with van der Waals surface area (Å²) in [5.74, 6) is -0.772. The Bertz CT molecular complexity index is 1380. The molecule has 0 amide bonds. The average Bonchev–Trinajstić information content (AvgIpc) is 3.27. The minimum atomic E-state index is -0.699. The molecule has 5 rings (SSSR count). The van der Waals surface area contributed by atoms with Crippen molar-refractivity contribution in [1.29, 1.82) is 0 Å². The highest BCUT2D eigenvalue weighted by Crippen LogP contribution is 2.29. The van der Waals surface area contributed by atoms with E-state index in [2.05, 4.69) is 20.0 Å². The summed E-state index contributed by atoms with van der Waals surface area (Å²) in [7, 11) is 0. The van der Waals surface area contributed by atoms with Gasteiger partial charge >= 0.3 is 0 Å². The summed E-state index contributed by atoms with van der Waals surface area (Å²) in [4.78, 5) is 11.0. The maximum atomic E-state index is 14.9.